The molecule has 0 saturated heterocycles. The SMILES string of the molecule is CCC(NCCCC(C)O)C(=O)OC. The monoisotopic (exact) mass is 203 g/mol. The summed E-state index contributed by atoms with van der Waals surface area (Å²) in [6.45, 7) is 4.43. The molecule has 0 aliphatic heterocycles. The van der Waals surface area contributed by atoms with Gasteiger partial charge in [-0.15, -0.1) is 0 Å². The third-order valence-electron chi connectivity index (χ3n) is 2.08. The highest BCUT2D eigenvalue weighted by Crippen LogP contribution is 1.97. The maximum Gasteiger partial charge on any atom is 0.322 e. The Kier molecular flexibility index (Phi) is 7.42. The van der Waals surface area contributed by atoms with Gasteiger partial charge in [0, 0.05) is 0 Å². The summed E-state index contributed by atoms with van der Waals surface area (Å²) in [7, 11) is 1.39. The number of esters is 1. The number of nitrogens with one attached hydrogen (secondary N) is 1. The van der Waals surface area contributed by atoms with Crippen LogP contribution in [0, 0.1) is 0 Å². The highest BCUT2D eigenvalue weighted by Gasteiger charge is 2.15. The Morgan fingerprint density at radius 3 is 2.64 bits per heavy atom. The van der Waals surface area contributed by atoms with Gasteiger partial charge < -0.3 is 15.2 Å². The maximum absolute atomic E-state index is 11.1. The second-order valence-electron chi connectivity index (χ2n) is 3.43. The third-order valence-corrected chi connectivity index (χ3v) is 2.08. The molecule has 4 heteroatoms. The molecule has 2 atom stereocenters. The molecule has 0 radical (unpaired) electrons. The van der Waals surface area contributed by atoms with Crippen molar-refractivity contribution in [1.29, 1.82) is 0 Å². The van der Waals surface area contributed by atoms with Crippen LogP contribution in [0.5, 0.6) is 0 Å². The fourth-order valence-corrected chi connectivity index (χ4v) is 1.21. The molecule has 2 unspecified atom stereocenters. The first-order valence-electron chi connectivity index (χ1n) is 5.11. The summed E-state index contributed by atoms with van der Waals surface area (Å²) in [6.07, 6.45) is 2.08. The minimum absolute atomic E-state index is 0.214. The van der Waals surface area contributed by atoms with Gasteiger partial charge in [-0.3, -0.25) is 4.79 Å². The molecule has 0 rings (SSSR count). The zero-order valence-electron chi connectivity index (χ0n) is 9.25. The Balaban J connectivity index is 3.58. The van der Waals surface area contributed by atoms with Gasteiger partial charge in [-0.1, -0.05) is 6.92 Å². The van der Waals surface area contributed by atoms with Crippen LogP contribution >= 0.6 is 0 Å². The van der Waals surface area contributed by atoms with Gasteiger partial charge in [-0.2, -0.15) is 0 Å². The standard InChI is InChI=1S/C10H21NO3/c1-4-9(10(13)14-3)11-7-5-6-8(2)12/h8-9,11-12H,4-7H2,1-3H3. The Morgan fingerprint density at radius 1 is 1.57 bits per heavy atom. The first kappa shape index (κ1) is 13.4. The fraction of sp³-hybridized carbons (Fsp3) is 0.900. The fourth-order valence-electron chi connectivity index (χ4n) is 1.21. The van der Waals surface area contributed by atoms with Gasteiger partial charge in [0.2, 0.25) is 0 Å². The van der Waals surface area contributed by atoms with Gasteiger partial charge in [0.1, 0.15) is 6.04 Å². The van der Waals surface area contributed by atoms with Gasteiger partial charge >= 0.3 is 5.97 Å². The minimum Gasteiger partial charge on any atom is -0.468 e. The molecule has 0 bridgehead atoms. The van der Waals surface area contributed by atoms with E-state index in [1.54, 1.807) is 6.92 Å². The van der Waals surface area contributed by atoms with Crippen LogP contribution in [0.1, 0.15) is 33.1 Å². The van der Waals surface area contributed by atoms with Gasteiger partial charge in [0.15, 0.2) is 0 Å². The summed E-state index contributed by atoms with van der Waals surface area (Å²) in [5.74, 6) is -0.218. The van der Waals surface area contributed by atoms with Crippen LogP contribution in [0.2, 0.25) is 0 Å². The average molecular weight is 203 g/mol. The molecule has 14 heavy (non-hydrogen) atoms. The lowest BCUT2D eigenvalue weighted by Gasteiger charge is -2.14. The molecular weight excluding hydrogens is 182 g/mol. The van der Waals surface area contributed by atoms with Crippen LogP contribution in [0.3, 0.4) is 0 Å². The van der Waals surface area contributed by atoms with Crippen LogP contribution in [0.15, 0.2) is 0 Å². The Bertz CT molecular complexity index is 159. The normalized spacial score (nSPS) is 14.9. The first-order chi connectivity index (χ1) is 6.61. The molecule has 0 aromatic rings. The zero-order chi connectivity index (χ0) is 11.0. The molecule has 0 aliphatic carbocycles. The summed E-state index contributed by atoms with van der Waals surface area (Å²) in [6, 6.07) is -0.214. The van der Waals surface area contributed by atoms with Crippen molar-refractivity contribution in [2.24, 2.45) is 0 Å². The largest absolute Gasteiger partial charge is 0.468 e. The molecule has 0 saturated carbocycles. The predicted octanol–water partition coefficient (Wildman–Crippen LogP) is 0.689. The lowest BCUT2D eigenvalue weighted by molar-refractivity contribution is -0.143. The Morgan fingerprint density at radius 2 is 2.21 bits per heavy atom. The van der Waals surface area contributed by atoms with E-state index in [-0.39, 0.29) is 18.1 Å². The van der Waals surface area contributed by atoms with Crippen LogP contribution in [-0.4, -0.2) is 36.9 Å². The van der Waals surface area contributed by atoms with Crippen molar-refractivity contribution in [3.05, 3.63) is 0 Å². The summed E-state index contributed by atoms with van der Waals surface area (Å²) in [5, 5.41) is 12.1. The van der Waals surface area contributed by atoms with Gasteiger partial charge in [-0.25, -0.2) is 0 Å². The number of carbonyl (C=O) groups excluding carboxylic acids is 1. The van der Waals surface area contributed by atoms with Crippen LogP contribution in [0.25, 0.3) is 0 Å². The molecule has 0 aliphatic rings. The molecule has 0 amide bonds. The number of hydrogen-bond acceptors (Lipinski definition) is 4. The number of rotatable bonds is 7. The van der Waals surface area contributed by atoms with E-state index in [2.05, 4.69) is 10.1 Å². The molecule has 0 fully saturated rings. The predicted molar refractivity (Wildman–Crippen MR) is 55.0 cm³/mol. The van der Waals surface area contributed by atoms with E-state index in [9.17, 15) is 4.79 Å². The van der Waals surface area contributed by atoms with Crippen molar-refractivity contribution in [3.63, 3.8) is 0 Å². The van der Waals surface area contributed by atoms with E-state index < -0.39 is 0 Å². The smallest absolute Gasteiger partial charge is 0.322 e. The van der Waals surface area contributed by atoms with Crippen molar-refractivity contribution >= 4 is 5.97 Å². The molecule has 0 heterocycles. The molecule has 0 spiro atoms. The summed E-state index contributed by atoms with van der Waals surface area (Å²) in [5.41, 5.74) is 0. The first-order valence-corrected chi connectivity index (χ1v) is 5.11. The van der Waals surface area contributed by atoms with Crippen molar-refractivity contribution in [1.82, 2.24) is 5.32 Å². The van der Waals surface area contributed by atoms with Crippen LogP contribution in [-0.2, 0) is 9.53 Å². The van der Waals surface area contributed by atoms with Crippen LogP contribution < -0.4 is 5.32 Å². The van der Waals surface area contributed by atoms with E-state index in [0.29, 0.717) is 0 Å². The number of carbonyl (C=O) groups is 1. The molecule has 4 nitrogen and oxygen atoms in total. The minimum atomic E-state index is -0.269. The molecule has 0 aromatic carbocycles. The molecule has 0 aromatic heterocycles. The zero-order valence-corrected chi connectivity index (χ0v) is 9.25. The van der Waals surface area contributed by atoms with Crippen molar-refractivity contribution < 1.29 is 14.6 Å². The quantitative estimate of drug-likeness (QED) is 0.472. The van der Waals surface area contributed by atoms with E-state index in [4.69, 9.17) is 5.11 Å². The number of aliphatic hydroxyl groups is 1. The third kappa shape index (κ3) is 5.94. The van der Waals surface area contributed by atoms with Gasteiger partial charge in [-0.05, 0) is 32.7 Å². The lowest BCUT2D eigenvalue weighted by Crippen LogP contribution is -2.37. The molecule has 2 N–H and O–H groups in total. The molecule has 84 valence electrons. The summed E-state index contributed by atoms with van der Waals surface area (Å²) in [4.78, 5) is 11.1. The van der Waals surface area contributed by atoms with Crippen LogP contribution in [0.4, 0.5) is 0 Å². The highest BCUT2D eigenvalue weighted by atomic mass is 16.5. The Hall–Kier alpha value is -0.610. The van der Waals surface area contributed by atoms with Gasteiger partial charge in [0.05, 0.1) is 13.2 Å². The lowest BCUT2D eigenvalue weighted by atomic mass is 10.2. The topological polar surface area (TPSA) is 58.6 Å². The van der Waals surface area contributed by atoms with Gasteiger partial charge in [0.25, 0.3) is 0 Å². The second kappa shape index (κ2) is 7.76. The summed E-state index contributed by atoms with van der Waals surface area (Å²) >= 11 is 0. The number of methoxy groups -OCH3 is 1. The van der Waals surface area contributed by atoms with Crippen molar-refractivity contribution in [3.8, 4) is 0 Å². The number of ether oxygens (including phenoxy) is 1. The van der Waals surface area contributed by atoms with E-state index >= 15 is 0 Å². The van der Waals surface area contributed by atoms with E-state index in [1.165, 1.54) is 7.11 Å². The Labute approximate surface area is 85.6 Å². The van der Waals surface area contributed by atoms with E-state index in [1.807, 2.05) is 6.92 Å². The molecular formula is C10H21NO3. The highest BCUT2D eigenvalue weighted by molar-refractivity contribution is 5.75. The number of hydrogen-bond donors (Lipinski definition) is 2. The van der Waals surface area contributed by atoms with E-state index in [0.717, 1.165) is 25.8 Å². The maximum atomic E-state index is 11.1. The van der Waals surface area contributed by atoms with Crippen molar-refractivity contribution in [2.45, 2.75) is 45.3 Å². The average Bonchev–Trinajstić information content (AvgIpc) is 2.16. The van der Waals surface area contributed by atoms with Crippen molar-refractivity contribution in [2.75, 3.05) is 13.7 Å². The summed E-state index contributed by atoms with van der Waals surface area (Å²) < 4.78 is 4.63. The second-order valence-corrected chi connectivity index (χ2v) is 3.43. The number of aliphatic hydroxyl groups excluding tert-OH is 1.